The van der Waals surface area contributed by atoms with Crippen LogP contribution in [0.4, 0.5) is 4.39 Å². The summed E-state index contributed by atoms with van der Waals surface area (Å²) in [4.78, 5) is 2.30. The van der Waals surface area contributed by atoms with Crippen LogP contribution < -0.4 is 0 Å². The molecule has 1 aromatic carbocycles. The third-order valence-electron chi connectivity index (χ3n) is 4.17. The summed E-state index contributed by atoms with van der Waals surface area (Å²) in [6.07, 6.45) is 3.76. The molecule has 0 saturated carbocycles. The monoisotopic (exact) mass is 319 g/mol. The van der Waals surface area contributed by atoms with Gasteiger partial charge in [-0.15, -0.1) is 0 Å². The third kappa shape index (κ3) is 4.16. The second kappa shape index (κ2) is 7.21. The van der Waals surface area contributed by atoms with Crippen LogP contribution >= 0.6 is 0 Å². The van der Waals surface area contributed by atoms with E-state index in [4.69, 9.17) is 4.74 Å². The normalized spacial score (nSPS) is 22.4. The first-order valence-corrected chi connectivity index (χ1v) is 7.86. The second-order valence-electron chi connectivity index (χ2n) is 6.09. The number of rotatable bonds is 5. The van der Waals surface area contributed by atoms with Crippen molar-refractivity contribution in [3.63, 3.8) is 0 Å². The van der Waals surface area contributed by atoms with Crippen LogP contribution in [0, 0.1) is 5.82 Å². The maximum absolute atomic E-state index is 12.9. The fourth-order valence-electron chi connectivity index (χ4n) is 2.79. The minimum absolute atomic E-state index is 0.0487. The molecule has 2 aromatic rings. The average molecular weight is 319 g/mol. The van der Waals surface area contributed by atoms with E-state index in [1.54, 1.807) is 12.1 Å². The smallest absolute Gasteiger partial charge is 0.123 e. The lowest BCUT2D eigenvalue weighted by Gasteiger charge is -2.37. The molecule has 0 radical (unpaired) electrons. The van der Waals surface area contributed by atoms with Gasteiger partial charge in [-0.25, -0.2) is 4.39 Å². The van der Waals surface area contributed by atoms with E-state index in [2.05, 4.69) is 16.9 Å². The Kier molecular flexibility index (Phi) is 5.05. The number of halogens is 1. The molecule has 6 heteroatoms. The second-order valence-corrected chi connectivity index (χ2v) is 6.09. The van der Waals surface area contributed by atoms with Crippen LogP contribution in [0.2, 0.25) is 0 Å². The van der Waals surface area contributed by atoms with Gasteiger partial charge in [0.25, 0.3) is 0 Å². The molecule has 1 saturated heterocycles. The summed E-state index contributed by atoms with van der Waals surface area (Å²) < 4.78 is 20.3. The molecular formula is C17H22FN3O2. The molecule has 0 spiro atoms. The highest BCUT2D eigenvalue weighted by Gasteiger charge is 2.25. The summed E-state index contributed by atoms with van der Waals surface area (Å²) in [5.41, 5.74) is 2.14. The van der Waals surface area contributed by atoms with Gasteiger partial charge in [0.05, 0.1) is 32.1 Å². The molecule has 23 heavy (non-hydrogen) atoms. The Morgan fingerprint density at radius 1 is 1.26 bits per heavy atom. The first-order chi connectivity index (χ1) is 11.1. The first-order valence-electron chi connectivity index (χ1n) is 7.86. The number of ether oxygens (including phenoxy) is 1. The fraction of sp³-hybridized carbons (Fsp3) is 0.471. The molecule has 0 aliphatic carbocycles. The van der Waals surface area contributed by atoms with Crippen molar-refractivity contribution >= 4 is 0 Å². The standard InChI is InChI=1S/C17H22FN3O2/c1-13-12-23-17(11-22)10-20(13)7-15-6-19-21(9-15)8-14-2-4-16(18)5-3-14/h2-6,9,13,17,22H,7-8,10-12H2,1H3/t13-,17-/m0/s1. The highest BCUT2D eigenvalue weighted by atomic mass is 19.1. The Balaban J connectivity index is 1.61. The molecule has 1 aliphatic rings. The molecule has 3 rings (SSSR count). The molecule has 0 unspecified atom stereocenters. The first kappa shape index (κ1) is 16.1. The number of nitrogens with zero attached hydrogens (tertiary/aromatic N) is 3. The molecular weight excluding hydrogens is 297 g/mol. The van der Waals surface area contributed by atoms with E-state index in [9.17, 15) is 9.50 Å². The highest BCUT2D eigenvalue weighted by Crippen LogP contribution is 2.15. The van der Waals surface area contributed by atoms with Crippen LogP contribution in [0.25, 0.3) is 0 Å². The Morgan fingerprint density at radius 2 is 2.04 bits per heavy atom. The van der Waals surface area contributed by atoms with Crippen molar-refractivity contribution in [1.82, 2.24) is 14.7 Å². The van der Waals surface area contributed by atoms with Crippen molar-refractivity contribution in [2.45, 2.75) is 32.2 Å². The maximum atomic E-state index is 12.9. The van der Waals surface area contributed by atoms with Crippen LogP contribution in [0.1, 0.15) is 18.1 Å². The van der Waals surface area contributed by atoms with E-state index in [1.165, 1.54) is 12.1 Å². The van der Waals surface area contributed by atoms with E-state index < -0.39 is 0 Å². The lowest BCUT2D eigenvalue weighted by molar-refractivity contribution is -0.0805. The predicted octanol–water partition coefficient (Wildman–Crippen LogP) is 1.65. The van der Waals surface area contributed by atoms with Gasteiger partial charge < -0.3 is 9.84 Å². The largest absolute Gasteiger partial charge is 0.394 e. The fourth-order valence-corrected chi connectivity index (χ4v) is 2.79. The minimum Gasteiger partial charge on any atom is -0.394 e. The lowest BCUT2D eigenvalue weighted by atomic mass is 10.2. The molecule has 2 heterocycles. The molecule has 124 valence electrons. The summed E-state index contributed by atoms with van der Waals surface area (Å²) in [7, 11) is 0. The average Bonchev–Trinajstić information content (AvgIpc) is 2.99. The number of morpholine rings is 1. The summed E-state index contributed by atoms with van der Waals surface area (Å²) in [5.74, 6) is -0.227. The van der Waals surface area contributed by atoms with Gasteiger partial charge in [0.2, 0.25) is 0 Å². The minimum atomic E-state index is -0.227. The highest BCUT2D eigenvalue weighted by molar-refractivity contribution is 5.17. The van der Waals surface area contributed by atoms with Crippen molar-refractivity contribution in [3.8, 4) is 0 Å². The van der Waals surface area contributed by atoms with Gasteiger partial charge in [0.15, 0.2) is 0 Å². The zero-order chi connectivity index (χ0) is 16.2. The quantitative estimate of drug-likeness (QED) is 0.910. The number of hydrogen-bond donors (Lipinski definition) is 1. The Hall–Kier alpha value is -1.76. The molecule has 5 nitrogen and oxygen atoms in total. The zero-order valence-corrected chi connectivity index (χ0v) is 13.2. The summed E-state index contributed by atoms with van der Waals surface area (Å²) in [6, 6.07) is 6.78. The van der Waals surface area contributed by atoms with Crippen molar-refractivity contribution in [2.75, 3.05) is 19.8 Å². The van der Waals surface area contributed by atoms with Gasteiger partial charge >= 0.3 is 0 Å². The van der Waals surface area contributed by atoms with Crippen LogP contribution in [-0.2, 0) is 17.8 Å². The summed E-state index contributed by atoms with van der Waals surface area (Å²) in [5, 5.41) is 13.6. The lowest BCUT2D eigenvalue weighted by Crippen LogP contribution is -2.48. The number of aliphatic hydroxyl groups is 1. The molecule has 1 fully saturated rings. The SMILES string of the molecule is C[C@H]1CO[C@H](CO)CN1Cc1cnn(Cc2ccc(F)cc2)c1. The van der Waals surface area contributed by atoms with Crippen molar-refractivity contribution in [1.29, 1.82) is 0 Å². The van der Waals surface area contributed by atoms with Crippen LogP contribution in [0.15, 0.2) is 36.7 Å². The van der Waals surface area contributed by atoms with E-state index in [1.807, 2.05) is 17.1 Å². The van der Waals surface area contributed by atoms with Gasteiger partial charge in [0.1, 0.15) is 5.82 Å². The van der Waals surface area contributed by atoms with E-state index in [0.717, 1.165) is 24.2 Å². The molecule has 1 aliphatic heterocycles. The van der Waals surface area contributed by atoms with Crippen molar-refractivity contribution in [2.24, 2.45) is 0 Å². The van der Waals surface area contributed by atoms with E-state index in [-0.39, 0.29) is 18.5 Å². The topological polar surface area (TPSA) is 50.5 Å². The van der Waals surface area contributed by atoms with Gasteiger partial charge in [0, 0.05) is 30.9 Å². The van der Waals surface area contributed by atoms with Gasteiger partial charge in [-0.2, -0.15) is 5.10 Å². The summed E-state index contributed by atoms with van der Waals surface area (Å²) >= 11 is 0. The molecule has 0 bridgehead atoms. The number of aliphatic hydroxyl groups excluding tert-OH is 1. The Morgan fingerprint density at radius 3 is 2.78 bits per heavy atom. The zero-order valence-electron chi connectivity index (χ0n) is 13.2. The van der Waals surface area contributed by atoms with Crippen molar-refractivity contribution in [3.05, 3.63) is 53.6 Å². The third-order valence-corrected chi connectivity index (χ3v) is 4.17. The summed E-state index contributed by atoms with van der Waals surface area (Å²) in [6.45, 7) is 4.93. The van der Waals surface area contributed by atoms with Gasteiger partial charge in [-0.3, -0.25) is 9.58 Å². The molecule has 0 amide bonds. The predicted molar refractivity (Wildman–Crippen MR) is 84.4 cm³/mol. The van der Waals surface area contributed by atoms with E-state index in [0.29, 0.717) is 19.2 Å². The van der Waals surface area contributed by atoms with Crippen LogP contribution in [0.5, 0.6) is 0 Å². The number of benzene rings is 1. The van der Waals surface area contributed by atoms with Crippen LogP contribution in [-0.4, -0.2) is 51.7 Å². The molecule has 2 atom stereocenters. The van der Waals surface area contributed by atoms with Crippen molar-refractivity contribution < 1.29 is 14.2 Å². The van der Waals surface area contributed by atoms with Crippen LogP contribution in [0.3, 0.4) is 0 Å². The molecule has 1 aromatic heterocycles. The maximum Gasteiger partial charge on any atom is 0.123 e. The number of hydrogen-bond acceptors (Lipinski definition) is 4. The number of aromatic nitrogens is 2. The van der Waals surface area contributed by atoms with Gasteiger partial charge in [-0.05, 0) is 24.6 Å². The van der Waals surface area contributed by atoms with Gasteiger partial charge in [-0.1, -0.05) is 12.1 Å². The Labute approximate surface area is 135 Å². The van der Waals surface area contributed by atoms with E-state index >= 15 is 0 Å². The Bertz CT molecular complexity index is 629. The molecule has 1 N–H and O–H groups in total.